The number of rotatable bonds is 0. The average molecular weight is 743 g/mol. The molecule has 0 saturated heterocycles. The van der Waals surface area contributed by atoms with E-state index in [1.165, 1.54) is 0 Å². The zero-order valence-corrected chi connectivity index (χ0v) is 30.8. The molecule has 2 aliphatic rings. The predicted octanol–water partition coefficient (Wildman–Crippen LogP) is 2.27. The lowest BCUT2D eigenvalue weighted by atomic mass is 10.2. The summed E-state index contributed by atoms with van der Waals surface area (Å²) in [6.45, 7) is 4.16. The first-order chi connectivity index (χ1) is 27.8. The van der Waals surface area contributed by atoms with Crippen LogP contribution in [-0.2, 0) is 18.9 Å². The lowest BCUT2D eigenvalue weighted by Crippen LogP contribution is -2.27. The first-order valence-electron chi connectivity index (χ1n) is 18.2. The molecule has 0 aromatic heterocycles. The van der Waals surface area contributed by atoms with E-state index < -0.39 is 0 Å². The van der Waals surface area contributed by atoms with E-state index in [-0.39, 0.29) is 13.2 Å². The third kappa shape index (κ3) is 12.4. The summed E-state index contributed by atoms with van der Waals surface area (Å²) in [4.78, 5) is 0. The summed E-state index contributed by atoms with van der Waals surface area (Å²) in [7, 11) is 0. The summed E-state index contributed by atoms with van der Waals surface area (Å²) in [5.41, 5.74) is 36.6. The Kier molecular flexibility index (Phi) is 15.7. The highest BCUT2D eigenvalue weighted by atomic mass is 16.6. The minimum Gasteiger partial charge on any atom is -0.487 e. The SMILES string of the molecule is C1=C=C=c2ccccc2=C=C=C=C=c2c3c(ccc2=C=C=C=C=c2ccccc2=C=1)OCCOCCOCCOc1ccccc1OCCOCCOCCO3. The predicted molar refractivity (Wildman–Crippen MR) is 210 cm³/mol. The van der Waals surface area contributed by atoms with Crippen molar-refractivity contribution < 1.29 is 37.9 Å². The maximum atomic E-state index is 6.32. The molecule has 1 aliphatic heterocycles. The van der Waals surface area contributed by atoms with Crippen LogP contribution >= 0.6 is 0 Å². The molecule has 0 N–H and O–H groups in total. The molecule has 4 aromatic rings. The first-order valence-corrected chi connectivity index (χ1v) is 18.2. The van der Waals surface area contributed by atoms with Gasteiger partial charge in [0.05, 0.1) is 58.1 Å². The molecule has 0 spiro atoms. The number of hydrogen-bond acceptors (Lipinski definition) is 8. The van der Waals surface area contributed by atoms with Crippen molar-refractivity contribution in [1.82, 2.24) is 0 Å². The molecule has 8 nitrogen and oxygen atoms in total. The van der Waals surface area contributed by atoms with E-state index in [1.54, 1.807) is 6.07 Å². The molecule has 56 heavy (non-hydrogen) atoms. The van der Waals surface area contributed by atoms with Gasteiger partial charge < -0.3 is 37.9 Å². The first kappa shape index (κ1) is 39.0. The Balaban J connectivity index is 1.36. The van der Waals surface area contributed by atoms with Crippen LogP contribution < -0.4 is 50.3 Å². The maximum Gasteiger partial charge on any atom is 0.178 e. The fourth-order valence-electron chi connectivity index (χ4n) is 5.20. The molecule has 4 aromatic carbocycles. The summed E-state index contributed by atoms with van der Waals surface area (Å²) in [5.74, 6) is 2.18. The molecule has 6 rings (SSSR count). The van der Waals surface area contributed by atoms with Crippen LogP contribution in [0.1, 0.15) is 0 Å². The molecule has 0 bridgehead atoms. The normalized spacial score (nSPS) is 14.9. The van der Waals surface area contributed by atoms with E-state index in [9.17, 15) is 0 Å². The fourth-order valence-corrected chi connectivity index (χ4v) is 5.20. The van der Waals surface area contributed by atoms with Crippen molar-refractivity contribution in [3.05, 3.63) is 151 Å². The highest BCUT2D eigenvalue weighted by Gasteiger charge is 2.10. The lowest BCUT2D eigenvalue weighted by Gasteiger charge is -2.14. The van der Waals surface area contributed by atoms with E-state index >= 15 is 0 Å². The van der Waals surface area contributed by atoms with Crippen molar-refractivity contribution >= 4 is 34.4 Å². The van der Waals surface area contributed by atoms with Gasteiger partial charge in [-0.15, -0.1) is 0 Å². The topological polar surface area (TPSA) is 73.8 Å². The number of hydrogen-bond donors (Lipinski definition) is 0. The Labute approximate surface area is 324 Å². The van der Waals surface area contributed by atoms with Gasteiger partial charge in [0.15, 0.2) is 23.0 Å². The van der Waals surface area contributed by atoms with Gasteiger partial charge in [-0.3, -0.25) is 0 Å². The quantitative estimate of drug-likeness (QED) is 0.224. The summed E-state index contributed by atoms with van der Waals surface area (Å²) >= 11 is 0. The maximum absolute atomic E-state index is 6.32. The molecule has 0 atom stereocenters. The van der Waals surface area contributed by atoms with E-state index in [1.807, 2.05) is 78.9 Å². The zero-order valence-electron chi connectivity index (χ0n) is 30.8. The van der Waals surface area contributed by atoms with E-state index in [0.717, 1.165) is 20.9 Å². The fraction of sp³-hybridized carbons (Fsp3) is 0.250. The second-order valence-corrected chi connectivity index (χ2v) is 11.7. The summed E-state index contributed by atoms with van der Waals surface area (Å²) in [6.07, 6.45) is 0. The van der Waals surface area contributed by atoms with Crippen molar-refractivity contribution in [3.8, 4) is 23.0 Å². The molecule has 0 fully saturated rings. The van der Waals surface area contributed by atoms with Crippen molar-refractivity contribution in [1.29, 1.82) is 0 Å². The second-order valence-electron chi connectivity index (χ2n) is 11.7. The van der Waals surface area contributed by atoms with Crippen LogP contribution in [0.25, 0.3) is 34.4 Å². The third-order valence-electron chi connectivity index (χ3n) is 7.86. The molecular weight excluding hydrogens is 705 g/mol. The smallest absolute Gasteiger partial charge is 0.178 e. The third-order valence-corrected chi connectivity index (χ3v) is 7.86. The molecule has 278 valence electrons. The van der Waals surface area contributed by atoms with Crippen LogP contribution in [0.4, 0.5) is 0 Å². The van der Waals surface area contributed by atoms with Crippen LogP contribution in [0, 0.1) is 0 Å². The van der Waals surface area contributed by atoms with Gasteiger partial charge >= 0.3 is 0 Å². The van der Waals surface area contributed by atoms with Crippen molar-refractivity contribution in [2.75, 3.05) is 79.3 Å². The highest BCUT2D eigenvalue weighted by Crippen LogP contribution is 2.26. The van der Waals surface area contributed by atoms with Crippen molar-refractivity contribution in [3.63, 3.8) is 0 Å². The van der Waals surface area contributed by atoms with E-state index in [4.69, 9.17) is 37.9 Å². The summed E-state index contributed by atoms with van der Waals surface area (Å²) in [5, 5.41) is 4.10. The van der Waals surface area contributed by atoms with Crippen LogP contribution in [0.2, 0.25) is 0 Å². The van der Waals surface area contributed by atoms with Crippen LogP contribution in [0.5, 0.6) is 23.0 Å². The number of fused-ring (bicyclic) bond motifs is 6. The molecule has 0 unspecified atom stereocenters. The van der Waals surface area contributed by atoms with Gasteiger partial charge in [0.25, 0.3) is 0 Å². The monoisotopic (exact) mass is 742 g/mol. The zero-order chi connectivity index (χ0) is 38.3. The Morgan fingerprint density at radius 1 is 0.286 bits per heavy atom. The molecule has 0 amide bonds. The molecule has 1 heterocycles. The molecule has 0 saturated carbocycles. The molecule has 0 radical (unpaired) electrons. The van der Waals surface area contributed by atoms with E-state index in [0.29, 0.717) is 99.5 Å². The highest BCUT2D eigenvalue weighted by molar-refractivity contribution is 5.47. The van der Waals surface area contributed by atoms with E-state index in [2.05, 4.69) is 68.8 Å². The van der Waals surface area contributed by atoms with Gasteiger partial charge in [0, 0.05) is 26.1 Å². The van der Waals surface area contributed by atoms with Gasteiger partial charge in [0.1, 0.15) is 26.4 Å². The molecule has 8 heteroatoms. The average Bonchev–Trinajstić information content (AvgIpc) is 3.22. The van der Waals surface area contributed by atoms with Crippen LogP contribution in [0.15, 0.2) is 119 Å². The van der Waals surface area contributed by atoms with Crippen LogP contribution in [0.3, 0.4) is 0 Å². The molecular formula is C48H38O8. The van der Waals surface area contributed by atoms with Crippen LogP contribution in [-0.4, -0.2) is 79.3 Å². The Bertz CT molecular complexity index is 2770. The van der Waals surface area contributed by atoms with Gasteiger partial charge in [0.2, 0.25) is 0 Å². The Morgan fingerprint density at radius 3 is 1.07 bits per heavy atom. The molecule has 1 aliphatic carbocycles. The summed E-state index contributed by atoms with van der Waals surface area (Å²) in [6, 6.07) is 26.4. The Hall–Kier alpha value is -6.72. The summed E-state index contributed by atoms with van der Waals surface area (Å²) < 4.78 is 47.3. The van der Waals surface area contributed by atoms with Gasteiger partial charge in [-0.1, -0.05) is 65.1 Å². The van der Waals surface area contributed by atoms with Gasteiger partial charge in [-0.25, -0.2) is 0 Å². The minimum atomic E-state index is 0.213. The van der Waals surface area contributed by atoms with Gasteiger partial charge in [-0.2, -0.15) is 0 Å². The lowest BCUT2D eigenvalue weighted by molar-refractivity contribution is 0.0222. The minimum absolute atomic E-state index is 0.213. The second kappa shape index (κ2) is 22.5. The van der Waals surface area contributed by atoms with Crippen molar-refractivity contribution in [2.45, 2.75) is 0 Å². The number of para-hydroxylation sites is 2. The Morgan fingerprint density at radius 2 is 0.625 bits per heavy atom. The largest absolute Gasteiger partial charge is 0.487 e. The number of ether oxygens (including phenoxy) is 8. The van der Waals surface area contributed by atoms with Gasteiger partial charge in [-0.05, 0) is 88.6 Å². The standard InChI is InChI=1S/C48H38O8/c1-3-15-40-16-5-6-18-42(40)20-9-10-22-44-43(21-8-7-19-41-17-4-2-14-39(41)13-1)25-26-47-48(44)56-38-34-52-30-29-50-32-36-54-46-24-12-11-23-45(46)53-35-31-49-27-28-51-33-37-55-47/h2,4-6,11-12,14,16-18,23-26H,27-38H2. The number of benzene rings is 4. The van der Waals surface area contributed by atoms with Crippen molar-refractivity contribution in [2.24, 2.45) is 0 Å².